The third-order valence-corrected chi connectivity index (χ3v) is 3.82. The highest BCUT2D eigenvalue weighted by Crippen LogP contribution is 2.32. The summed E-state index contributed by atoms with van der Waals surface area (Å²) in [5, 5.41) is 6.90. The Morgan fingerprint density at radius 2 is 2.26 bits per heavy atom. The number of anilines is 1. The second-order valence-corrected chi connectivity index (χ2v) is 4.94. The Morgan fingerprint density at radius 3 is 2.89 bits per heavy atom. The molecule has 1 aromatic heterocycles. The van der Waals surface area contributed by atoms with E-state index >= 15 is 0 Å². The van der Waals surface area contributed by atoms with Crippen LogP contribution in [0.5, 0.6) is 0 Å². The topological polar surface area (TPSA) is 81.2 Å². The van der Waals surface area contributed by atoms with Gasteiger partial charge in [-0.25, -0.2) is 0 Å². The normalized spacial score (nSPS) is 22.1. The Hall–Kier alpha value is -1.07. The van der Waals surface area contributed by atoms with Crippen molar-refractivity contribution < 1.29 is 9.32 Å². The van der Waals surface area contributed by atoms with Gasteiger partial charge in [-0.3, -0.25) is 4.79 Å². The van der Waals surface area contributed by atoms with Crippen molar-refractivity contribution in [2.75, 3.05) is 11.9 Å². The SMILES string of the molecule is CCc1noc(C)c1NC(=O)[C@@H]1CCC[C@@H]1CN.Cl. The summed E-state index contributed by atoms with van der Waals surface area (Å²) in [4.78, 5) is 12.3. The van der Waals surface area contributed by atoms with Gasteiger partial charge in [-0.2, -0.15) is 0 Å². The van der Waals surface area contributed by atoms with Gasteiger partial charge in [-0.15, -0.1) is 12.4 Å². The minimum absolute atomic E-state index is 0. The van der Waals surface area contributed by atoms with Crippen molar-refractivity contribution >= 4 is 24.0 Å². The van der Waals surface area contributed by atoms with E-state index in [-0.39, 0.29) is 24.2 Å². The molecule has 19 heavy (non-hydrogen) atoms. The maximum Gasteiger partial charge on any atom is 0.227 e. The van der Waals surface area contributed by atoms with E-state index in [1.165, 1.54) is 0 Å². The molecule has 0 saturated heterocycles. The summed E-state index contributed by atoms with van der Waals surface area (Å²) < 4.78 is 5.11. The van der Waals surface area contributed by atoms with Gasteiger partial charge in [0.05, 0.1) is 0 Å². The zero-order valence-electron chi connectivity index (χ0n) is 11.4. The highest BCUT2D eigenvalue weighted by atomic mass is 35.5. The second-order valence-electron chi connectivity index (χ2n) is 4.94. The number of nitrogens with two attached hydrogens (primary N) is 1. The molecule has 0 aromatic carbocycles. The summed E-state index contributed by atoms with van der Waals surface area (Å²) >= 11 is 0. The van der Waals surface area contributed by atoms with Crippen LogP contribution < -0.4 is 11.1 Å². The molecule has 3 N–H and O–H groups in total. The molecule has 2 rings (SSSR count). The number of rotatable bonds is 4. The number of carbonyl (C=O) groups is 1. The molecule has 0 bridgehead atoms. The predicted molar refractivity (Wildman–Crippen MR) is 76.4 cm³/mol. The molecule has 1 fully saturated rings. The quantitative estimate of drug-likeness (QED) is 0.890. The lowest BCUT2D eigenvalue weighted by Crippen LogP contribution is -2.30. The maximum atomic E-state index is 12.3. The molecule has 0 radical (unpaired) electrons. The molecule has 1 heterocycles. The molecule has 0 spiro atoms. The third kappa shape index (κ3) is 3.28. The fourth-order valence-corrected chi connectivity index (χ4v) is 2.70. The van der Waals surface area contributed by atoms with Gasteiger partial charge >= 0.3 is 0 Å². The molecule has 1 aromatic rings. The number of aromatic nitrogens is 1. The highest BCUT2D eigenvalue weighted by molar-refractivity contribution is 5.93. The fourth-order valence-electron chi connectivity index (χ4n) is 2.70. The van der Waals surface area contributed by atoms with Gasteiger partial charge in [0.1, 0.15) is 11.4 Å². The van der Waals surface area contributed by atoms with Gasteiger partial charge in [0, 0.05) is 5.92 Å². The van der Waals surface area contributed by atoms with Gasteiger partial charge in [-0.05, 0) is 38.6 Å². The summed E-state index contributed by atoms with van der Waals surface area (Å²) in [7, 11) is 0. The average Bonchev–Trinajstić information content (AvgIpc) is 2.97. The lowest BCUT2D eigenvalue weighted by atomic mass is 9.95. The Balaban J connectivity index is 0.00000180. The second kappa shape index (κ2) is 6.91. The molecule has 1 amide bonds. The van der Waals surface area contributed by atoms with Crippen LogP contribution in [-0.2, 0) is 11.2 Å². The maximum absolute atomic E-state index is 12.3. The van der Waals surface area contributed by atoms with E-state index in [0.717, 1.165) is 37.1 Å². The number of hydrogen-bond donors (Lipinski definition) is 2. The Labute approximate surface area is 119 Å². The zero-order valence-corrected chi connectivity index (χ0v) is 12.3. The number of carbonyl (C=O) groups excluding carboxylic acids is 1. The zero-order chi connectivity index (χ0) is 13.1. The molecule has 0 aliphatic heterocycles. The summed E-state index contributed by atoms with van der Waals surface area (Å²) in [6.07, 6.45) is 3.82. The van der Waals surface area contributed by atoms with Crippen LogP contribution in [0.1, 0.15) is 37.6 Å². The molecule has 0 unspecified atom stereocenters. The van der Waals surface area contributed by atoms with Crippen LogP contribution in [0.25, 0.3) is 0 Å². The lowest BCUT2D eigenvalue weighted by Gasteiger charge is -2.17. The number of amides is 1. The predicted octanol–water partition coefficient (Wildman–Crippen LogP) is 2.28. The fraction of sp³-hybridized carbons (Fsp3) is 0.692. The summed E-state index contributed by atoms with van der Waals surface area (Å²) in [6.45, 7) is 4.39. The lowest BCUT2D eigenvalue weighted by molar-refractivity contribution is -0.120. The van der Waals surface area contributed by atoms with Crippen molar-refractivity contribution in [3.8, 4) is 0 Å². The Bertz CT molecular complexity index is 434. The van der Waals surface area contributed by atoms with E-state index in [9.17, 15) is 4.79 Å². The molecule has 108 valence electrons. The van der Waals surface area contributed by atoms with Crippen LogP contribution in [0.4, 0.5) is 5.69 Å². The number of aryl methyl sites for hydroxylation is 2. The van der Waals surface area contributed by atoms with Gasteiger partial charge in [-0.1, -0.05) is 18.5 Å². The minimum Gasteiger partial charge on any atom is -0.359 e. The number of nitrogens with one attached hydrogen (secondary N) is 1. The minimum atomic E-state index is 0. The number of halogens is 1. The van der Waals surface area contributed by atoms with E-state index in [4.69, 9.17) is 10.3 Å². The Kier molecular flexibility index (Phi) is 5.82. The monoisotopic (exact) mass is 287 g/mol. The van der Waals surface area contributed by atoms with E-state index in [1.54, 1.807) is 0 Å². The first-order valence-electron chi connectivity index (χ1n) is 6.63. The molecular formula is C13H22ClN3O2. The number of nitrogens with zero attached hydrogens (tertiary/aromatic N) is 1. The van der Waals surface area contributed by atoms with Crippen molar-refractivity contribution in [1.29, 1.82) is 0 Å². The first kappa shape index (κ1) is 16.0. The van der Waals surface area contributed by atoms with Crippen LogP contribution >= 0.6 is 12.4 Å². The van der Waals surface area contributed by atoms with Gasteiger partial charge in [0.2, 0.25) is 5.91 Å². The molecule has 1 saturated carbocycles. The van der Waals surface area contributed by atoms with Crippen molar-refractivity contribution in [3.05, 3.63) is 11.5 Å². The van der Waals surface area contributed by atoms with Crippen LogP contribution in [0.3, 0.4) is 0 Å². The van der Waals surface area contributed by atoms with E-state index in [0.29, 0.717) is 18.2 Å². The van der Waals surface area contributed by atoms with E-state index < -0.39 is 0 Å². The molecular weight excluding hydrogens is 266 g/mol. The van der Waals surface area contributed by atoms with E-state index in [2.05, 4.69) is 10.5 Å². The number of hydrogen-bond acceptors (Lipinski definition) is 4. The largest absolute Gasteiger partial charge is 0.359 e. The van der Waals surface area contributed by atoms with Crippen LogP contribution in [-0.4, -0.2) is 17.6 Å². The standard InChI is InChI=1S/C13H21N3O2.ClH/c1-3-11-12(8(2)18-16-11)15-13(17)10-6-4-5-9(10)7-14;/h9-10H,3-7,14H2,1-2H3,(H,15,17);1H/t9-,10-;/m1./s1. The van der Waals surface area contributed by atoms with Crippen molar-refractivity contribution in [3.63, 3.8) is 0 Å². The van der Waals surface area contributed by atoms with Gasteiger partial charge in [0.15, 0.2) is 5.76 Å². The highest BCUT2D eigenvalue weighted by Gasteiger charge is 2.32. The molecule has 6 heteroatoms. The third-order valence-electron chi connectivity index (χ3n) is 3.82. The van der Waals surface area contributed by atoms with Crippen molar-refractivity contribution in [2.45, 2.75) is 39.5 Å². The van der Waals surface area contributed by atoms with Crippen molar-refractivity contribution in [2.24, 2.45) is 17.6 Å². The Morgan fingerprint density at radius 1 is 1.53 bits per heavy atom. The molecule has 2 atom stereocenters. The van der Waals surface area contributed by atoms with E-state index in [1.807, 2.05) is 13.8 Å². The van der Waals surface area contributed by atoms with Crippen LogP contribution in [0, 0.1) is 18.8 Å². The van der Waals surface area contributed by atoms with Gasteiger partial charge in [0.25, 0.3) is 0 Å². The van der Waals surface area contributed by atoms with Gasteiger partial charge < -0.3 is 15.6 Å². The molecule has 5 nitrogen and oxygen atoms in total. The first-order valence-corrected chi connectivity index (χ1v) is 6.63. The summed E-state index contributed by atoms with van der Waals surface area (Å²) in [5.41, 5.74) is 7.26. The van der Waals surface area contributed by atoms with Crippen LogP contribution in [0.15, 0.2) is 4.52 Å². The average molecular weight is 288 g/mol. The summed E-state index contributed by atoms with van der Waals surface area (Å²) in [6, 6.07) is 0. The first-order chi connectivity index (χ1) is 8.67. The van der Waals surface area contributed by atoms with Crippen LogP contribution in [0.2, 0.25) is 0 Å². The smallest absolute Gasteiger partial charge is 0.227 e. The molecule has 1 aliphatic rings. The van der Waals surface area contributed by atoms with Crippen molar-refractivity contribution in [1.82, 2.24) is 5.16 Å². The summed E-state index contributed by atoms with van der Waals surface area (Å²) in [5.74, 6) is 1.08. The molecule has 1 aliphatic carbocycles.